The Morgan fingerprint density at radius 1 is 1.03 bits per heavy atom. The van der Waals surface area contributed by atoms with Crippen LogP contribution < -0.4 is 0 Å². The number of aromatic nitrogens is 2. The molecule has 2 aliphatic rings. The van der Waals surface area contributed by atoms with Crippen LogP contribution in [-0.2, 0) is 18.5 Å². The minimum Gasteiger partial charge on any atom is -0.465 e. The molecule has 6 heteroatoms. The Bertz CT molecular complexity index is 966. The zero-order valence-electron chi connectivity index (χ0n) is 17.2. The number of benzene rings is 1. The molecule has 0 N–H and O–H groups in total. The maximum absolute atomic E-state index is 5.84. The molecule has 2 aromatic heterocycles. The topological polar surface area (TPSA) is 58.5 Å². The zero-order valence-corrected chi connectivity index (χ0v) is 17.2. The fraction of sp³-hybridized carbons (Fsp3) is 0.478. The molecule has 0 aliphatic carbocycles. The second-order valence-electron chi connectivity index (χ2n) is 8.66. The van der Waals surface area contributed by atoms with E-state index in [1.165, 1.54) is 5.56 Å². The first-order valence-electron chi connectivity index (χ1n) is 10.5. The van der Waals surface area contributed by atoms with E-state index in [1.807, 2.05) is 19.9 Å². The molecule has 0 unspecified atom stereocenters. The van der Waals surface area contributed by atoms with E-state index in [9.17, 15) is 0 Å². The third-order valence-corrected chi connectivity index (χ3v) is 6.46. The van der Waals surface area contributed by atoms with Gasteiger partial charge in [0.05, 0.1) is 12.0 Å². The Hall–Kier alpha value is -2.44. The fourth-order valence-corrected chi connectivity index (χ4v) is 5.16. The lowest BCUT2D eigenvalue weighted by molar-refractivity contribution is 0.0982. The Kier molecular flexibility index (Phi) is 4.76. The first-order valence-corrected chi connectivity index (χ1v) is 10.5. The van der Waals surface area contributed by atoms with Gasteiger partial charge in [-0.05, 0) is 43.5 Å². The van der Waals surface area contributed by atoms with E-state index in [1.54, 1.807) is 0 Å². The number of nitrogens with zero attached hydrogens (tertiary/aromatic N) is 4. The number of rotatable bonds is 5. The summed E-state index contributed by atoms with van der Waals surface area (Å²) in [6, 6.07) is 14.8. The van der Waals surface area contributed by atoms with Gasteiger partial charge >= 0.3 is 0 Å². The van der Waals surface area contributed by atoms with E-state index in [-0.39, 0.29) is 5.41 Å². The van der Waals surface area contributed by atoms with Crippen molar-refractivity contribution in [1.29, 1.82) is 0 Å². The van der Waals surface area contributed by atoms with Crippen LogP contribution in [0.15, 0.2) is 51.4 Å². The van der Waals surface area contributed by atoms with Crippen LogP contribution in [0.2, 0.25) is 0 Å². The minimum absolute atomic E-state index is 0.0908. The van der Waals surface area contributed by atoms with Crippen molar-refractivity contribution in [2.24, 2.45) is 5.92 Å². The summed E-state index contributed by atoms with van der Waals surface area (Å²) in [6.45, 7) is 9.72. The monoisotopic (exact) mass is 392 g/mol. The third-order valence-electron chi connectivity index (χ3n) is 6.46. The number of furan rings is 1. The highest BCUT2D eigenvalue weighted by molar-refractivity contribution is 5.21. The summed E-state index contributed by atoms with van der Waals surface area (Å²) < 4.78 is 11.3. The Morgan fingerprint density at radius 2 is 1.86 bits per heavy atom. The van der Waals surface area contributed by atoms with Crippen LogP contribution in [0.3, 0.4) is 0 Å². The normalized spacial score (nSPS) is 25.4. The number of hydrogen-bond acceptors (Lipinski definition) is 6. The van der Waals surface area contributed by atoms with Crippen molar-refractivity contribution < 1.29 is 8.94 Å². The second-order valence-corrected chi connectivity index (χ2v) is 8.66. The minimum atomic E-state index is -0.0908. The van der Waals surface area contributed by atoms with Gasteiger partial charge in [-0.1, -0.05) is 35.5 Å². The van der Waals surface area contributed by atoms with Crippen molar-refractivity contribution in [3.63, 3.8) is 0 Å². The molecule has 3 aromatic rings. The maximum Gasteiger partial charge on any atom is 0.223 e. The molecule has 0 spiro atoms. The Balaban J connectivity index is 1.40. The van der Waals surface area contributed by atoms with Gasteiger partial charge in [0.2, 0.25) is 5.89 Å². The molecule has 0 saturated carbocycles. The van der Waals surface area contributed by atoms with Gasteiger partial charge in [0.1, 0.15) is 11.5 Å². The van der Waals surface area contributed by atoms with Gasteiger partial charge in [0.15, 0.2) is 5.82 Å². The van der Waals surface area contributed by atoms with Crippen LogP contribution in [0.5, 0.6) is 0 Å². The molecular formula is C23H28N4O2. The molecule has 1 aromatic carbocycles. The highest BCUT2D eigenvalue weighted by Gasteiger charge is 2.53. The molecule has 2 atom stereocenters. The molecule has 0 bridgehead atoms. The average molecular weight is 393 g/mol. The predicted octanol–water partition coefficient (Wildman–Crippen LogP) is 3.56. The van der Waals surface area contributed by atoms with E-state index in [0.29, 0.717) is 11.8 Å². The highest BCUT2D eigenvalue weighted by Crippen LogP contribution is 2.44. The summed E-state index contributed by atoms with van der Waals surface area (Å²) in [4.78, 5) is 9.75. The number of likely N-dealkylation sites (tertiary alicyclic amines) is 2. The number of piperidine rings is 1. The van der Waals surface area contributed by atoms with Gasteiger partial charge in [-0.15, -0.1) is 0 Å². The van der Waals surface area contributed by atoms with Crippen molar-refractivity contribution in [3.8, 4) is 0 Å². The standard InChI is InChI=1S/C23H28N4O2/c1-17-8-9-21(28-17)14-26-11-10-20-13-27(12-19-6-4-3-5-7-19)16-23(20,15-26)22-24-18(2)29-25-22/h3-9,20H,10-16H2,1-2H3/t20-,23-/m0/s1. The van der Waals surface area contributed by atoms with Gasteiger partial charge in [-0.25, -0.2) is 0 Å². The molecule has 2 aliphatic heterocycles. The second kappa shape index (κ2) is 7.43. The summed E-state index contributed by atoms with van der Waals surface area (Å²) in [7, 11) is 0. The maximum atomic E-state index is 5.84. The molecule has 0 radical (unpaired) electrons. The van der Waals surface area contributed by atoms with E-state index in [0.717, 1.165) is 63.0 Å². The lowest BCUT2D eigenvalue weighted by atomic mass is 9.72. The van der Waals surface area contributed by atoms with Crippen LogP contribution in [0, 0.1) is 19.8 Å². The number of aryl methyl sites for hydroxylation is 2. The molecular weight excluding hydrogens is 364 g/mol. The number of hydrogen-bond donors (Lipinski definition) is 0. The van der Waals surface area contributed by atoms with Gasteiger partial charge in [0, 0.05) is 33.1 Å². The van der Waals surface area contributed by atoms with Crippen LogP contribution in [0.25, 0.3) is 0 Å². The van der Waals surface area contributed by atoms with Crippen molar-refractivity contribution in [1.82, 2.24) is 19.9 Å². The lowest BCUT2D eigenvalue weighted by Gasteiger charge is -2.42. The van der Waals surface area contributed by atoms with Crippen LogP contribution in [0.4, 0.5) is 0 Å². The Morgan fingerprint density at radius 3 is 2.59 bits per heavy atom. The summed E-state index contributed by atoms with van der Waals surface area (Å²) in [5.74, 6) is 4.05. The van der Waals surface area contributed by atoms with Crippen molar-refractivity contribution in [3.05, 3.63) is 71.3 Å². The highest BCUT2D eigenvalue weighted by atomic mass is 16.5. The lowest BCUT2D eigenvalue weighted by Crippen LogP contribution is -2.52. The van der Waals surface area contributed by atoms with Gasteiger partial charge in [-0.3, -0.25) is 9.80 Å². The fourth-order valence-electron chi connectivity index (χ4n) is 5.16. The van der Waals surface area contributed by atoms with Gasteiger partial charge in [-0.2, -0.15) is 4.98 Å². The van der Waals surface area contributed by atoms with Crippen LogP contribution >= 0.6 is 0 Å². The summed E-state index contributed by atoms with van der Waals surface area (Å²) in [6.07, 6.45) is 1.14. The molecule has 152 valence electrons. The first kappa shape index (κ1) is 18.6. The zero-order chi connectivity index (χ0) is 19.8. The van der Waals surface area contributed by atoms with Crippen molar-refractivity contribution in [2.75, 3.05) is 26.2 Å². The van der Waals surface area contributed by atoms with Gasteiger partial charge in [0.25, 0.3) is 0 Å². The van der Waals surface area contributed by atoms with Crippen molar-refractivity contribution in [2.45, 2.75) is 38.8 Å². The SMILES string of the molecule is Cc1ccc(CN2CC[C@H]3CN(Cc4ccccc4)C[C@@]3(c3noc(C)n3)C2)o1. The summed E-state index contributed by atoms with van der Waals surface area (Å²) >= 11 is 0. The third kappa shape index (κ3) is 3.63. The summed E-state index contributed by atoms with van der Waals surface area (Å²) in [5.41, 5.74) is 1.26. The van der Waals surface area contributed by atoms with Gasteiger partial charge < -0.3 is 8.94 Å². The molecule has 2 fully saturated rings. The van der Waals surface area contributed by atoms with E-state index in [4.69, 9.17) is 13.9 Å². The van der Waals surface area contributed by atoms with E-state index in [2.05, 4.69) is 51.4 Å². The predicted molar refractivity (Wildman–Crippen MR) is 109 cm³/mol. The smallest absolute Gasteiger partial charge is 0.223 e. The molecule has 6 nitrogen and oxygen atoms in total. The quantitative estimate of drug-likeness (QED) is 0.662. The molecule has 5 rings (SSSR count). The van der Waals surface area contributed by atoms with E-state index >= 15 is 0 Å². The first-order chi connectivity index (χ1) is 14.1. The Labute approximate surface area is 171 Å². The molecule has 2 saturated heterocycles. The largest absolute Gasteiger partial charge is 0.465 e. The molecule has 4 heterocycles. The van der Waals surface area contributed by atoms with Crippen molar-refractivity contribution >= 4 is 0 Å². The van der Waals surface area contributed by atoms with Crippen LogP contribution in [-0.4, -0.2) is 46.1 Å². The molecule has 0 amide bonds. The average Bonchev–Trinajstić information content (AvgIpc) is 3.41. The van der Waals surface area contributed by atoms with E-state index < -0.39 is 0 Å². The summed E-state index contributed by atoms with van der Waals surface area (Å²) in [5, 5.41) is 4.40. The molecule has 29 heavy (non-hydrogen) atoms. The number of fused-ring (bicyclic) bond motifs is 1. The van der Waals surface area contributed by atoms with Crippen LogP contribution in [0.1, 0.15) is 35.2 Å².